The van der Waals surface area contributed by atoms with Crippen molar-refractivity contribution >= 4 is 12.6 Å². The SMILES string of the molecule is C#C.C=C(C(C)CC(C)C1CCCC(C(CC)C(=C)S)C1)C(CC)CC(C)CC(C)C1(CC)C=CCC(C)(CCC(C)C2CCC(C#N)CC2)C1.CC. The fourth-order valence-corrected chi connectivity index (χ4v) is 11.9. The second-order valence-corrected chi connectivity index (χ2v) is 19.5. The summed E-state index contributed by atoms with van der Waals surface area (Å²) in [5, 5.41) is 9.34. The maximum absolute atomic E-state index is 9.34. The van der Waals surface area contributed by atoms with Crippen LogP contribution >= 0.6 is 12.6 Å². The van der Waals surface area contributed by atoms with E-state index in [2.05, 4.69) is 100.0 Å². The number of nitriles is 1. The van der Waals surface area contributed by atoms with Crippen LogP contribution in [0.15, 0.2) is 35.8 Å². The van der Waals surface area contributed by atoms with Gasteiger partial charge >= 0.3 is 0 Å². The molecule has 2 saturated carbocycles. The fourth-order valence-electron chi connectivity index (χ4n) is 11.5. The molecule has 0 aromatic rings. The van der Waals surface area contributed by atoms with Gasteiger partial charge < -0.3 is 0 Å². The average Bonchev–Trinajstić information content (AvgIpc) is 3.17. The Kier molecular flexibility index (Phi) is 23.4. The van der Waals surface area contributed by atoms with Gasteiger partial charge in [0.2, 0.25) is 0 Å². The zero-order valence-corrected chi connectivity index (χ0v) is 38.1. The molecule has 0 N–H and O–H groups in total. The van der Waals surface area contributed by atoms with Crippen molar-refractivity contribution in [1.82, 2.24) is 0 Å². The highest BCUT2D eigenvalue weighted by Gasteiger charge is 2.42. The Morgan fingerprint density at radius 2 is 1.49 bits per heavy atom. The van der Waals surface area contributed by atoms with Crippen molar-refractivity contribution in [2.45, 2.75) is 192 Å². The topological polar surface area (TPSA) is 23.8 Å². The lowest BCUT2D eigenvalue weighted by atomic mass is 9.57. The fraction of sp³-hybridized carbons (Fsp3) is 0.824. The summed E-state index contributed by atoms with van der Waals surface area (Å²) < 4.78 is 0. The third kappa shape index (κ3) is 14.9. The van der Waals surface area contributed by atoms with Crippen LogP contribution in [0, 0.1) is 100 Å². The van der Waals surface area contributed by atoms with E-state index in [1.54, 1.807) is 0 Å². The Morgan fingerprint density at radius 3 is 2.04 bits per heavy atom. The van der Waals surface area contributed by atoms with Gasteiger partial charge in [-0.15, -0.1) is 25.5 Å². The zero-order valence-electron chi connectivity index (χ0n) is 37.2. The molecule has 1 nitrogen and oxygen atoms in total. The highest BCUT2D eigenvalue weighted by atomic mass is 32.1. The Morgan fingerprint density at radius 1 is 0.868 bits per heavy atom. The number of terminal acetylenes is 1. The molecule has 0 heterocycles. The van der Waals surface area contributed by atoms with Crippen molar-refractivity contribution in [2.24, 2.45) is 75.9 Å². The van der Waals surface area contributed by atoms with E-state index in [0.29, 0.717) is 46.3 Å². The first-order valence-corrected chi connectivity index (χ1v) is 23.1. The first kappa shape index (κ1) is 49.6. The Labute approximate surface area is 338 Å². The lowest BCUT2D eigenvalue weighted by molar-refractivity contribution is 0.0805. The molecule has 11 atom stereocenters. The first-order valence-electron chi connectivity index (χ1n) is 22.7. The molecule has 0 spiro atoms. The largest absolute Gasteiger partial charge is 0.198 e. The standard InChI is InChI=1S/C47H81NS.C2H6.C2H2/c1-12-41(38(9)35(6)29-36(7)43-17-15-18-44(30-43)45(13-2)39(10)49)28-33(4)27-37(8)47(14-3)25-16-24-46(11,32-47)26-23-34(5)42-21-19-40(31-48)20-22-42;2*1-2/h16,25,33-37,40-45,49H,9-10,12-15,17-24,26-30,32H2,1-8,11H3;1-2H3;1-2H. The van der Waals surface area contributed by atoms with Crippen LogP contribution in [0.4, 0.5) is 0 Å². The molecule has 3 rings (SSSR count). The number of rotatable bonds is 19. The van der Waals surface area contributed by atoms with Crippen LogP contribution < -0.4 is 0 Å². The molecule has 0 amide bonds. The van der Waals surface area contributed by atoms with Crippen LogP contribution in [0.2, 0.25) is 0 Å². The minimum Gasteiger partial charge on any atom is -0.198 e. The molecular weight excluding hydrogens is 659 g/mol. The molecule has 3 aliphatic rings. The number of thiol groups is 1. The number of nitrogens with zero attached hydrogens (tertiary/aromatic N) is 1. The molecule has 0 aliphatic heterocycles. The average molecular weight is 748 g/mol. The summed E-state index contributed by atoms with van der Waals surface area (Å²) in [6, 6.07) is 2.53. The summed E-state index contributed by atoms with van der Waals surface area (Å²) >= 11 is 4.70. The number of allylic oxidation sites excluding steroid dienone is 4. The van der Waals surface area contributed by atoms with Gasteiger partial charge in [0.25, 0.3) is 0 Å². The van der Waals surface area contributed by atoms with Crippen LogP contribution in [0.3, 0.4) is 0 Å². The molecule has 11 unspecified atom stereocenters. The van der Waals surface area contributed by atoms with Crippen LogP contribution in [0.25, 0.3) is 0 Å². The van der Waals surface area contributed by atoms with E-state index >= 15 is 0 Å². The molecule has 3 aliphatic carbocycles. The van der Waals surface area contributed by atoms with Crippen molar-refractivity contribution in [1.29, 1.82) is 5.26 Å². The number of hydrogen-bond donors (Lipinski definition) is 1. The van der Waals surface area contributed by atoms with Gasteiger partial charge in [-0.3, -0.25) is 0 Å². The molecule has 0 radical (unpaired) electrons. The van der Waals surface area contributed by atoms with E-state index in [4.69, 9.17) is 19.2 Å². The molecule has 0 saturated heterocycles. The molecule has 53 heavy (non-hydrogen) atoms. The highest BCUT2D eigenvalue weighted by Crippen LogP contribution is 2.53. The normalized spacial score (nSPS) is 31.0. The third-order valence-corrected chi connectivity index (χ3v) is 15.6. The van der Waals surface area contributed by atoms with Crippen LogP contribution in [-0.4, -0.2) is 0 Å². The summed E-state index contributed by atoms with van der Waals surface area (Å²) in [6.45, 7) is 35.5. The second-order valence-electron chi connectivity index (χ2n) is 18.9. The minimum absolute atomic E-state index is 0.314. The van der Waals surface area contributed by atoms with Crippen molar-refractivity contribution in [2.75, 3.05) is 0 Å². The molecule has 0 aromatic heterocycles. The van der Waals surface area contributed by atoms with Gasteiger partial charge in [-0.1, -0.05) is 120 Å². The van der Waals surface area contributed by atoms with Gasteiger partial charge in [0, 0.05) is 5.92 Å². The second kappa shape index (κ2) is 25.0. The van der Waals surface area contributed by atoms with E-state index in [1.807, 2.05) is 13.8 Å². The molecule has 2 heteroatoms. The maximum Gasteiger partial charge on any atom is 0.0655 e. The smallest absolute Gasteiger partial charge is 0.0655 e. The summed E-state index contributed by atoms with van der Waals surface area (Å²) in [5.41, 5.74) is 2.26. The highest BCUT2D eigenvalue weighted by molar-refractivity contribution is 7.84. The lowest BCUT2D eigenvalue weighted by Gasteiger charge is -2.47. The van der Waals surface area contributed by atoms with Crippen LogP contribution in [-0.2, 0) is 0 Å². The molecular formula is C51H89NS. The monoisotopic (exact) mass is 748 g/mol. The quantitative estimate of drug-likeness (QED) is 0.0794. The molecule has 304 valence electrons. The first-order chi connectivity index (χ1) is 25.2. The van der Waals surface area contributed by atoms with Gasteiger partial charge in [0.15, 0.2) is 0 Å². The van der Waals surface area contributed by atoms with Gasteiger partial charge in [0.1, 0.15) is 0 Å². The predicted octanol–water partition coefficient (Wildman–Crippen LogP) is 16.3. The molecule has 2 fully saturated rings. The van der Waals surface area contributed by atoms with E-state index in [1.165, 1.54) is 108 Å². The van der Waals surface area contributed by atoms with E-state index < -0.39 is 0 Å². The van der Waals surface area contributed by atoms with Gasteiger partial charge in [-0.25, -0.2) is 0 Å². The van der Waals surface area contributed by atoms with Crippen LogP contribution in [0.1, 0.15) is 192 Å². The van der Waals surface area contributed by atoms with Crippen molar-refractivity contribution in [3.8, 4) is 18.9 Å². The lowest BCUT2D eigenvalue weighted by Crippen LogP contribution is -2.37. The Bertz CT molecular complexity index is 1130. The third-order valence-electron chi connectivity index (χ3n) is 15.2. The van der Waals surface area contributed by atoms with Crippen LogP contribution in [0.5, 0.6) is 0 Å². The van der Waals surface area contributed by atoms with Gasteiger partial charge in [-0.2, -0.15) is 5.26 Å². The van der Waals surface area contributed by atoms with E-state index in [-0.39, 0.29) is 0 Å². The van der Waals surface area contributed by atoms with Crippen molar-refractivity contribution in [3.63, 3.8) is 0 Å². The summed E-state index contributed by atoms with van der Waals surface area (Å²) in [5.74, 6) is 7.52. The maximum atomic E-state index is 9.34. The van der Waals surface area contributed by atoms with Gasteiger partial charge in [-0.05, 0) is 178 Å². The Hall–Kier alpha value is -1.38. The predicted molar refractivity (Wildman–Crippen MR) is 241 cm³/mol. The van der Waals surface area contributed by atoms with Gasteiger partial charge in [0.05, 0.1) is 6.07 Å². The Balaban J connectivity index is 0.00000339. The number of hydrogen-bond acceptors (Lipinski definition) is 2. The summed E-state index contributed by atoms with van der Waals surface area (Å²) in [6.07, 6.45) is 36.3. The molecule has 0 bridgehead atoms. The van der Waals surface area contributed by atoms with E-state index in [9.17, 15) is 5.26 Å². The summed E-state index contributed by atoms with van der Waals surface area (Å²) in [4.78, 5) is 1.10. The zero-order chi connectivity index (χ0) is 40.4. The van der Waals surface area contributed by atoms with E-state index in [0.717, 1.165) is 47.3 Å². The van der Waals surface area contributed by atoms with Crippen molar-refractivity contribution < 1.29 is 0 Å². The summed E-state index contributed by atoms with van der Waals surface area (Å²) in [7, 11) is 0. The minimum atomic E-state index is 0.314. The molecule has 0 aromatic carbocycles. The van der Waals surface area contributed by atoms with Crippen molar-refractivity contribution in [3.05, 3.63) is 35.8 Å².